The maximum atomic E-state index is 6.32. The normalized spacial score (nSPS) is 15.3. The Morgan fingerprint density at radius 2 is 1.79 bits per heavy atom. The van der Waals surface area contributed by atoms with Crippen LogP contribution in [0.3, 0.4) is 0 Å². The largest absolute Gasteiger partial charge is 0.367 e. The number of H-pyrrole nitrogens is 1. The summed E-state index contributed by atoms with van der Waals surface area (Å²) in [5.41, 5.74) is 1.67. The fraction of sp³-hybridized carbons (Fsp3) is 0.267. The molecule has 2 aromatic heterocycles. The van der Waals surface area contributed by atoms with Crippen LogP contribution in [-0.4, -0.2) is 46.3 Å². The van der Waals surface area contributed by atoms with Gasteiger partial charge in [-0.3, -0.25) is 5.10 Å². The van der Waals surface area contributed by atoms with Crippen molar-refractivity contribution in [1.82, 2.24) is 20.2 Å². The number of nitrogens with zero attached hydrogens (tertiary/aromatic N) is 5. The highest BCUT2D eigenvalue weighted by molar-refractivity contribution is 9.10. The minimum absolute atomic E-state index is 0.649. The summed E-state index contributed by atoms with van der Waals surface area (Å²) >= 11 is 15.8. The van der Waals surface area contributed by atoms with Gasteiger partial charge < -0.3 is 9.80 Å². The number of hydrogen-bond donors (Lipinski definition) is 1. The zero-order valence-corrected chi connectivity index (χ0v) is 15.6. The summed E-state index contributed by atoms with van der Waals surface area (Å²) < 4.78 is 0.802. The van der Waals surface area contributed by atoms with Crippen LogP contribution >= 0.6 is 39.1 Å². The highest BCUT2D eigenvalue weighted by atomic mass is 79.9. The molecule has 0 spiro atoms. The highest BCUT2D eigenvalue weighted by Gasteiger charge is 2.23. The Morgan fingerprint density at radius 1 is 1.04 bits per heavy atom. The Bertz CT molecular complexity index is 891. The molecule has 3 aromatic rings. The fourth-order valence-electron chi connectivity index (χ4n) is 2.94. The van der Waals surface area contributed by atoms with Gasteiger partial charge in [-0.1, -0.05) is 23.2 Å². The predicted octanol–water partition coefficient (Wildman–Crippen LogP) is 3.75. The molecule has 0 radical (unpaired) electrons. The van der Waals surface area contributed by atoms with Gasteiger partial charge in [0.2, 0.25) is 0 Å². The monoisotopic (exact) mass is 426 g/mol. The van der Waals surface area contributed by atoms with Crippen molar-refractivity contribution < 1.29 is 0 Å². The van der Waals surface area contributed by atoms with Crippen LogP contribution in [0.1, 0.15) is 0 Å². The van der Waals surface area contributed by atoms with E-state index in [0.29, 0.717) is 15.7 Å². The van der Waals surface area contributed by atoms with E-state index in [2.05, 4.69) is 45.9 Å². The van der Waals surface area contributed by atoms with E-state index >= 15 is 0 Å². The molecule has 1 saturated heterocycles. The van der Waals surface area contributed by atoms with Gasteiger partial charge in [-0.15, -0.1) is 0 Å². The second-order valence-corrected chi connectivity index (χ2v) is 7.14. The first-order valence-corrected chi connectivity index (χ1v) is 8.98. The molecule has 0 saturated carbocycles. The summed E-state index contributed by atoms with van der Waals surface area (Å²) in [6, 6.07) is 5.61. The number of aromatic amines is 1. The van der Waals surface area contributed by atoms with Crippen LogP contribution in [-0.2, 0) is 0 Å². The van der Waals surface area contributed by atoms with E-state index in [1.165, 1.54) is 0 Å². The van der Waals surface area contributed by atoms with Crippen molar-refractivity contribution in [3.63, 3.8) is 0 Å². The molecule has 1 aliphatic heterocycles. The summed E-state index contributed by atoms with van der Waals surface area (Å²) in [6.45, 7) is 3.37. The van der Waals surface area contributed by atoms with E-state index in [-0.39, 0.29) is 0 Å². The molecule has 1 aliphatic rings. The Kier molecular flexibility index (Phi) is 4.24. The third kappa shape index (κ3) is 2.81. The van der Waals surface area contributed by atoms with Crippen molar-refractivity contribution in [3.8, 4) is 0 Å². The molecule has 0 aliphatic carbocycles. The van der Waals surface area contributed by atoms with Crippen molar-refractivity contribution in [2.75, 3.05) is 36.0 Å². The predicted molar refractivity (Wildman–Crippen MR) is 100 cm³/mol. The Labute approximate surface area is 156 Å². The SMILES string of the molecule is Clc1ccc(N2CCN(c3ncnc4n[nH]c(Br)c34)CC2)c(Cl)c1. The molecule has 0 bridgehead atoms. The van der Waals surface area contributed by atoms with Gasteiger partial charge >= 0.3 is 0 Å². The van der Waals surface area contributed by atoms with E-state index in [1.807, 2.05) is 12.1 Å². The molecular weight excluding hydrogens is 415 g/mol. The van der Waals surface area contributed by atoms with Gasteiger partial charge in [0.1, 0.15) is 16.7 Å². The molecule has 0 amide bonds. The fourth-order valence-corrected chi connectivity index (χ4v) is 3.91. The second-order valence-electron chi connectivity index (χ2n) is 5.50. The van der Waals surface area contributed by atoms with Crippen molar-refractivity contribution in [2.24, 2.45) is 0 Å². The standard InChI is InChI=1S/C15H13BrCl2N6/c16-13-12-14(22-21-13)19-8-20-15(12)24-5-3-23(4-6-24)11-2-1-9(17)7-10(11)18/h1-2,7-8H,3-6H2,(H,19,20,21,22). The van der Waals surface area contributed by atoms with Gasteiger partial charge in [0.15, 0.2) is 5.65 Å². The lowest BCUT2D eigenvalue weighted by molar-refractivity contribution is 0.649. The smallest absolute Gasteiger partial charge is 0.187 e. The van der Waals surface area contributed by atoms with E-state index in [9.17, 15) is 0 Å². The molecule has 24 heavy (non-hydrogen) atoms. The van der Waals surface area contributed by atoms with Crippen LogP contribution < -0.4 is 9.80 Å². The van der Waals surface area contributed by atoms with Gasteiger partial charge in [-0.25, -0.2) is 9.97 Å². The zero-order chi connectivity index (χ0) is 16.7. The average molecular weight is 428 g/mol. The first-order valence-electron chi connectivity index (χ1n) is 7.43. The molecule has 1 aromatic carbocycles. The molecule has 9 heteroatoms. The number of anilines is 2. The first-order chi connectivity index (χ1) is 11.6. The Balaban J connectivity index is 1.56. The lowest BCUT2D eigenvalue weighted by Crippen LogP contribution is -2.47. The molecule has 6 nitrogen and oxygen atoms in total. The number of halogens is 3. The number of fused-ring (bicyclic) bond motifs is 1. The minimum atomic E-state index is 0.649. The molecule has 1 fully saturated rings. The van der Waals surface area contributed by atoms with Crippen LogP contribution in [0.5, 0.6) is 0 Å². The van der Waals surface area contributed by atoms with Gasteiger partial charge in [0.05, 0.1) is 16.1 Å². The first kappa shape index (κ1) is 15.9. The summed E-state index contributed by atoms with van der Waals surface area (Å²) in [6.07, 6.45) is 1.55. The molecule has 0 unspecified atom stereocenters. The molecule has 0 atom stereocenters. The minimum Gasteiger partial charge on any atom is -0.367 e. The lowest BCUT2D eigenvalue weighted by Gasteiger charge is -2.37. The third-order valence-electron chi connectivity index (χ3n) is 4.12. The van der Waals surface area contributed by atoms with Crippen LogP contribution in [0.2, 0.25) is 10.0 Å². The van der Waals surface area contributed by atoms with Gasteiger partial charge in [0.25, 0.3) is 0 Å². The number of hydrogen-bond acceptors (Lipinski definition) is 5. The Morgan fingerprint density at radius 3 is 2.54 bits per heavy atom. The maximum Gasteiger partial charge on any atom is 0.187 e. The van der Waals surface area contributed by atoms with Crippen LogP contribution in [0, 0.1) is 0 Å². The van der Waals surface area contributed by atoms with Crippen LogP contribution in [0.15, 0.2) is 29.1 Å². The lowest BCUT2D eigenvalue weighted by atomic mass is 10.2. The van der Waals surface area contributed by atoms with Crippen molar-refractivity contribution in [3.05, 3.63) is 39.2 Å². The van der Waals surface area contributed by atoms with E-state index in [0.717, 1.165) is 47.7 Å². The van der Waals surface area contributed by atoms with Gasteiger partial charge in [-0.2, -0.15) is 5.10 Å². The average Bonchev–Trinajstić information content (AvgIpc) is 2.97. The number of rotatable bonds is 2. The quantitative estimate of drug-likeness (QED) is 0.674. The molecular formula is C15H13BrCl2N6. The summed E-state index contributed by atoms with van der Waals surface area (Å²) in [4.78, 5) is 13.1. The maximum absolute atomic E-state index is 6.32. The zero-order valence-electron chi connectivity index (χ0n) is 12.5. The van der Waals surface area contributed by atoms with Crippen LogP contribution in [0.25, 0.3) is 11.0 Å². The summed E-state index contributed by atoms with van der Waals surface area (Å²) in [5, 5.41) is 9.31. The van der Waals surface area contributed by atoms with E-state index < -0.39 is 0 Å². The molecule has 4 rings (SSSR count). The number of aromatic nitrogens is 4. The van der Waals surface area contributed by atoms with Crippen molar-refractivity contribution >= 4 is 61.7 Å². The summed E-state index contributed by atoms with van der Waals surface area (Å²) in [7, 11) is 0. The number of piperazine rings is 1. The third-order valence-corrected chi connectivity index (χ3v) is 5.23. The van der Waals surface area contributed by atoms with Crippen LogP contribution in [0.4, 0.5) is 11.5 Å². The highest BCUT2D eigenvalue weighted by Crippen LogP contribution is 2.32. The van der Waals surface area contributed by atoms with Crippen molar-refractivity contribution in [1.29, 1.82) is 0 Å². The van der Waals surface area contributed by atoms with E-state index in [1.54, 1.807) is 12.4 Å². The molecule has 124 valence electrons. The summed E-state index contributed by atoms with van der Waals surface area (Å²) in [5.74, 6) is 0.891. The van der Waals surface area contributed by atoms with Gasteiger partial charge in [-0.05, 0) is 34.1 Å². The Hall–Kier alpha value is -1.57. The number of nitrogens with one attached hydrogen (secondary N) is 1. The van der Waals surface area contributed by atoms with E-state index in [4.69, 9.17) is 23.2 Å². The number of benzene rings is 1. The molecule has 1 N–H and O–H groups in total. The van der Waals surface area contributed by atoms with Crippen molar-refractivity contribution in [2.45, 2.75) is 0 Å². The second kappa shape index (κ2) is 6.38. The van der Waals surface area contributed by atoms with Gasteiger partial charge in [0, 0.05) is 31.2 Å². The topological polar surface area (TPSA) is 60.9 Å². The molecule has 3 heterocycles.